The number of likely N-dealkylation sites (tertiary alicyclic amines) is 1. The number of ether oxygens (including phenoxy) is 1. The van der Waals surface area contributed by atoms with Gasteiger partial charge in [-0.15, -0.1) is 5.10 Å². The number of methoxy groups -OCH3 is 1. The number of carbonyl (C=O) groups excluding carboxylic acids is 2. The number of aromatic nitrogens is 5. The van der Waals surface area contributed by atoms with E-state index in [0.29, 0.717) is 38.6 Å². The third-order valence-corrected chi connectivity index (χ3v) is 10.1. The van der Waals surface area contributed by atoms with Gasteiger partial charge in [-0.2, -0.15) is 9.78 Å². The van der Waals surface area contributed by atoms with Crippen molar-refractivity contribution in [1.82, 2.24) is 34.8 Å². The number of nitrogens with zero attached hydrogens (tertiary/aromatic N) is 7. The molecule has 8 rings (SSSR count). The minimum Gasteiger partial charge on any atom is -0.481 e. The molecule has 2 fully saturated rings. The lowest BCUT2D eigenvalue weighted by Crippen LogP contribution is -2.43. The Balaban J connectivity index is 0.891. The molecule has 13 nitrogen and oxygen atoms in total. The third kappa shape index (κ3) is 5.59. The quantitative estimate of drug-likeness (QED) is 0.276. The van der Waals surface area contributed by atoms with E-state index < -0.39 is 11.2 Å². The van der Waals surface area contributed by atoms with Gasteiger partial charge in [0, 0.05) is 67.7 Å². The molecule has 6 heterocycles. The molecule has 49 heavy (non-hydrogen) atoms. The van der Waals surface area contributed by atoms with Crippen molar-refractivity contribution >= 4 is 34.0 Å². The van der Waals surface area contributed by atoms with Crippen molar-refractivity contribution in [2.24, 2.45) is 12.5 Å². The molecule has 3 aliphatic rings. The molecule has 0 bridgehead atoms. The Kier molecular flexibility index (Phi) is 7.63. The highest BCUT2D eigenvalue weighted by Gasteiger charge is 2.51. The SMILES string of the molecule is COc1ccc(-c2n[nH]c3ccc(N4CCC5(CCN(CC(=O)N6CC=C(c7ccc(-c8nn(C)c(=O)o8)cc7)CC6)C5)C4=O)cc23)cn1. The van der Waals surface area contributed by atoms with Crippen molar-refractivity contribution in [3.05, 3.63) is 83.0 Å². The van der Waals surface area contributed by atoms with E-state index in [4.69, 9.17) is 9.15 Å². The van der Waals surface area contributed by atoms with E-state index in [1.807, 2.05) is 58.3 Å². The zero-order valence-electron chi connectivity index (χ0n) is 27.4. The summed E-state index contributed by atoms with van der Waals surface area (Å²) in [6, 6.07) is 17.4. The highest BCUT2D eigenvalue weighted by Crippen LogP contribution is 2.43. The van der Waals surface area contributed by atoms with Gasteiger partial charge in [-0.25, -0.2) is 9.78 Å². The Labute approximate surface area is 281 Å². The summed E-state index contributed by atoms with van der Waals surface area (Å²) in [6.45, 7) is 3.43. The van der Waals surface area contributed by atoms with Gasteiger partial charge in [0.2, 0.25) is 23.6 Å². The molecular weight excluding hydrogens is 624 g/mol. The molecule has 1 atom stereocenters. The number of nitrogens with one attached hydrogen (secondary N) is 1. The monoisotopic (exact) mass is 660 g/mol. The molecule has 250 valence electrons. The Bertz CT molecular complexity index is 2150. The second-order valence-corrected chi connectivity index (χ2v) is 13.0. The number of aryl methyl sites for hydroxylation is 1. The number of pyridine rings is 1. The Hall–Kier alpha value is -5.56. The lowest BCUT2D eigenvalue weighted by Gasteiger charge is -2.29. The van der Waals surface area contributed by atoms with Crippen LogP contribution < -0.4 is 15.4 Å². The van der Waals surface area contributed by atoms with Crippen molar-refractivity contribution in [3.63, 3.8) is 0 Å². The Morgan fingerprint density at radius 2 is 1.80 bits per heavy atom. The first kappa shape index (κ1) is 30.8. The van der Waals surface area contributed by atoms with Crippen LogP contribution in [0.5, 0.6) is 5.88 Å². The number of amides is 2. The standard InChI is InChI=1S/C36H36N8O5/c1-41-35(47)49-33(40-41)25-5-3-23(4-6-25)24-11-15-43(16-12-24)31(45)21-42-17-13-36(22-42)14-18-44(34(36)46)27-8-9-29-28(19-27)32(39-38-29)26-7-10-30(48-2)37-20-26/h3-11,19-20H,12-18,21-22H2,1-2H3,(H,38,39). The summed E-state index contributed by atoms with van der Waals surface area (Å²) in [6.07, 6.45) is 6.09. The number of aromatic amines is 1. The smallest absolute Gasteiger partial charge is 0.437 e. The molecule has 3 aliphatic heterocycles. The van der Waals surface area contributed by atoms with Crippen LogP contribution in [0.25, 0.3) is 39.2 Å². The van der Waals surface area contributed by atoms with Crippen molar-refractivity contribution in [1.29, 1.82) is 0 Å². The van der Waals surface area contributed by atoms with Crippen LogP contribution >= 0.6 is 0 Å². The van der Waals surface area contributed by atoms with Crippen LogP contribution in [-0.4, -0.2) is 93.0 Å². The van der Waals surface area contributed by atoms with Crippen LogP contribution in [0.15, 0.2) is 76.1 Å². The fourth-order valence-corrected chi connectivity index (χ4v) is 7.31. The first-order valence-corrected chi connectivity index (χ1v) is 16.4. The number of H-pyrrole nitrogens is 1. The lowest BCUT2D eigenvalue weighted by molar-refractivity contribution is -0.132. The van der Waals surface area contributed by atoms with Crippen LogP contribution in [0.1, 0.15) is 24.8 Å². The van der Waals surface area contributed by atoms with E-state index in [1.54, 1.807) is 26.4 Å². The van der Waals surface area contributed by atoms with Gasteiger partial charge in [-0.3, -0.25) is 19.6 Å². The molecule has 0 radical (unpaired) electrons. The molecule has 2 aromatic carbocycles. The Morgan fingerprint density at radius 1 is 1.00 bits per heavy atom. The molecular formula is C36H36N8O5. The summed E-state index contributed by atoms with van der Waals surface area (Å²) in [5, 5.41) is 12.6. The largest absolute Gasteiger partial charge is 0.481 e. The molecule has 5 aromatic rings. The predicted molar refractivity (Wildman–Crippen MR) is 183 cm³/mol. The maximum Gasteiger partial charge on any atom is 0.437 e. The second kappa shape index (κ2) is 12.2. The van der Waals surface area contributed by atoms with E-state index in [0.717, 1.165) is 64.8 Å². The number of rotatable bonds is 7. The van der Waals surface area contributed by atoms with Gasteiger partial charge in [0.1, 0.15) is 5.69 Å². The molecule has 0 saturated carbocycles. The molecule has 2 saturated heterocycles. The number of hydrogen-bond acceptors (Lipinski definition) is 9. The summed E-state index contributed by atoms with van der Waals surface area (Å²) >= 11 is 0. The van der Waals surface area contributed by atoms with Crippen molar-refractivity contribution < 1.29 is 18.7 Å². The first-order chi connectivity index (χ1) is 23.8. The number of anilines is 1. The molecule has 0 aliphatic carbocycles. The van der Waals surface area contributed by atoms with Crippen LogP contribution in [0.4, 0.5) is 5.69 Å². The third-order valence-electron chi connectivity index (χ3n) is 10.1. The molecule has 2 amide bonds. The Morgan fingerprint density at radius 3 is 2.51 bits per heavy atom. The van der Waals surface area contributed by atoms with Crippen molar-refractivity contribution in [2.75, 3.05) is 51.3 Å². The van der Waals surface area contributed by atoms with Gasteiger partial charge in [0.05, 0.1) is 24.6 Å². The average molecular weight is 661 g/mol. The van der Waals surface area contributed by atoms with Gasteiger partial charge < -0.3 is 19.0 Å². The molecule has 3 aromatic heterocycles. The topological polar surface area (TPSA) is 143 Å². The van der Waals surface area contributed by atoms with E-state index in [2.05, 4.69) is 31.3 Å². The van der Waals surface area contributed by atoms with Crippen LogP contribution in [-0.2, 0) is 16.6 Å². The molecule has 1 spiro atoms. The summed E-state index contributed by atoms with van der Waals surface area (Å²) in [7, 11) is 3.13. The maximum absolute atomic E-state index is 14.0. The van der Waals surface area contributed by atoms with E-state index in [-0.39, 0.29) is 17.7 Å². The van der Waals surface area contributed by atoms with Crippen molar-refractivity contribution in [3.8, 4) is 28.6 Å². The maximum atomic E-state index is 14.0. The first-order valence-electron chi connectivity index (χ1n) is 16.4. The number of hydrogen-bond donors (Lipinski definition) is 1. The molecule has 1 N–H and O–H groups in total. The number of benzene rings is 2. The van der Waals surface area contributed by atoms with Crippen molar-refractivity contribution in [2.45, 2.75) is 19.3 Å². The minimum absolute atomic E-state index is 0.0844. The van der Waals surface area contributed by atoms with Gasteiger partial charge in [-0.1, -0.05) is 18.2 Å². The molecule has 13 heteroatoms. The zero-order chi connectivity index (χ0) is 33.7. The van der Waals surface area contributed by atoms with E-state index in [9.17, 15) is 14.4 Å². The van der Waals surface area contributed by atoms with Gasteiger partial charge in [0.15, 0.2) is 0 Å². The number of fused-ring (bicyclic) bond motifs is 1. The fourth-order valence-electron chi connectivity index (χ4n) is 7.31. The summed E-state index contributed by atoms with van der Waals surface area (Å²) in [5.41, 5.74) is 5.87. The lowest BCUT2D eigenvalue weighted by atomic mass is 9.85. The van der Waals surface area contributed by atoms with E-state index in [1.165, 1.54) is 10.3 Å². The summed E-state index contributed by atoms with van der Waals surface area (Å²) in [4.78, 5) is 49.2. The summed E-state index contributed by atoms with van der Waals surface area (Å²) < 4.78 is 11.5. The van der Waals surface area contributed by atoms with E-state index >= 15 is 0 Å². The summed E-state index contributed by atoms with van der Waals surface area (Å²) in [5.74, 6) is 0.533. The predicted octanol–water partition coefficient (Wildman–Crippen LogP) is 3.73. The van der Waals surface area contributed by atoms with Gasteiger partial charge in [0.25, 0.3) is 0 Å². The second-order valence-electron chi connectivity index (χ2n) is 13.0. The van der Waals surface area contributed by atoms with Crippen LogP contribution in [0, 0.1) is 5.41 Å². The normalized spacial score (nSPS) is 19.7. The van der Waals surface area contributed by atoms with Gasteiger partial charge in [-0.05, 0) is 73.3 Å². The number of carbonyl (C=O) groups is 2. The highest BCUT2D eigenvalue weighted by atomic mass is 16.5. The molecule has 1 unspecified atom stereocenters. The van der Waals surface area contributed by atoms with Crippen LogP contribution in [0.3, 0.4) is 0 Å². The minimum atomic E-state index is -0.498. The van der Waals surface area contributed by atoms with Gasteiger partial charge >= 0.3 is 5.76 Å². The zero-order valence-corrected chi connectivity index (χ0v) is 27.4. The van der Waals surface area contributed by atoms with Crippen LogP contribution in [0.2, 0.25) is 0 Å². The fraction of sp³-hybridized carbons (Fsp3) is 0.333. The highest BCUT2D eigenvalue weighted by molar-refractivity contribution is 6.03. The average Bonchev–Trinajstić information content (AvgIpc) is 3.91.